The summed E-state index contributed by atoms with van der Waals surface area (Å²) in [4.78, 5) is 23.2. The van der Waals surface area contributed by atoms with Crippen LogP contribution in [0.15, 0.2) is 60.7 Å². The molecule has 0 radical (unpaired) electrons. The molecule has 0 saturated carbocycles. The lowest BCUT2D eigenvalue weighted by molar-refractivity contribution is 0.0682. The Balaban J connectivity index is 0.00000171. The third-order valence-electron chi connectivity index (χ3n) is 5.07. The maximum atomic E-state index is 11.6. The molecule has 0 aliphatic rings. The van der Waals surface area contributed by atoms with Gasteiger partial charge < -0.3 is 20.4 Å². The molecule has 4 aromatic carbocycles. The van der Waals surface area contributed by atoms with Crippen LogP contribution in [0.2, 0.25) is 0 Å². The van der Waals surface area contributed by atoms with E-state index < -0.39 is 23.4 Å². The summed E-state index contributed by atoms with van der Waals surface area (Å²) in [5.41, 5.74) is 0.112. The van der Waals surface area contributed by atoms with Crippen molar-refractivity contribution >= 4 is 58.3 Å². The van der Waals surface area contributed by atoms with E-state index in [1.165, 1.54) is 12.1 Å². The molecule has 0 amide bonds. The number of carboxylic acid groups (broad SMARTS) is 2. The standard InChI is InChI=1S/C23H16O6.2ClH/c24-20-16(14-7-3-1-5-12(14)9-18(20)22(26)27)11-17-15-8-4-2-6-13(15)10-19(21(17)25)23(28)29;;/h1-10,24-25H,11H2,(H,26,27)(H,28,29);2*1H. The molecule has 6 nitrogen and oxygen atoms in total. The first kappa shape index (κ1) is 23.8. The van der Waals surface area contributed by atoms with Gasteiger partial charge in [0.1, 0.15) is 22.6 Å². The van der Waals surface area contributed by atoms with Gasteiger partial charge in [0.2, 0.25) is 0 Å². The fourth-order valence-corrected chi connectivity index (χ4v) is 3.68. The van der Waals surface area contributed by atoms with Gasteiger partial charge in [-0.05, 0) is 33.7 Å². The first-order valence-electron chi connectivity index (χ1n) is 8.82. The Bertz CT molecular complexity index is 1220. The molecular formula is C23H18Cl2O6. The second kappa shape index (κ2) is 9.12. The van der Waals surface area contributed by atoms with Crippen LogP contribution in [0.3, 0.4) is 0 Å². The molecule has 160 valence electrons. The van der Waals surface area contributed by atoms with Crippen LogP contribution in [-0.4, -0.2) is 32.4 Å². The maximum Gasteiger partial charge on any atom is 0.339 e. The van der Waals surface area contributed by atoms with Crippen LogP contribution in [0.5, 0.6) is 11.5 Å². The lowest BCUT2D eigenvalue weighted by Crippen LogP contribution is -2.04. The molecule has 0 aliphatic heterocycles. The van der Waals surface area contributed by atoms with Crippen LogP contribution < -0.4 is 0 Å². The summed E-state index contributed by atoms with van der Waals surface area (Å²) in [5.74, 6) is -3.36. The number of phenols is 2. The molecule has 0 fully saturated rings. The largest absolute Gasteiger partial charge is 0.507 e. The summed E-state index contributed by atoms with van der Waals surface area (Å²) in [6.07, 6.45) is -0.0407. The van der Waals surface area contributed by atoms with Crippen molar-refractivity contribution in [2.45, 2.75) is 6.42 Å². The van der Waals surface area contributed by atoms with Crippen molar-refractivity contribution in [3.63, 3.8) is 0 Å². The molecule has 8 heteroatoms. The fourth-order valence-electron chi connectivity index (χ4n) is 3.68. The summed E-state index contributed by atoms with van der Waals surface area (Å²) in [5, 5.41) is 42.8. The lowest BCUT2D eigenvalue weighted by atomic mass is 9.90. The highest BCUT2D eigenvalue weighted by molar-refractivity contribution is 6.02. The smallest absolute Gasteiger partial charge is 0.339 e. The number of aromatic hydroxyl groups is 2. The van der Waals surface area contributed by atoms with E-state index in [0.717, 1.165) is 0 Å². The number of carboxylic acids is 2. The zero-order valence-electron chi connectivity index (χ0n) is 15.9. The minimum absolute atomic E-state index is 0. The number of fused-ring (bicyclic) bond motifs is 2. The Labute approximate surface area is 189 Å². The lowest BCUT2D eigenvalue weighted by Gasteiger charge is -2.16. The Hall–Kier alpha value is -3.48. The second-order valence-electron chi connectivity index (χ2n) is 6.73. The molecule has 4 aromatic rings. The van der Waals surface area contributed by atoms with Crippen molar-refractivity contribution in [3.05, 3.63) is 82.9 Å². The molecule has 0 saturated heterocycles. The first-order chi connectivity index (χ1) is 13.9. The minimum Gasteiger partial charge on any atom is -0.507 e. The van der Waals surface area contributed by atoms with Crippen molar-refractivity contribution < 1.29 is 30.0 Å². The summed E-state index contributed by atoms with van der Waals surface area (Å²) in [7, 11) is 0. The number of benzene rings is 4. The minimum atomic E-state index is -1.28. The van der Waals surface area contributed by atoms with E-state index in [1.54, 1.807) is 48.5 Å². The van der Waals surface area contributed by atoms with Gasteiger partial charge >= 0.3 is 11.9 Å². The number of carbonyl (C=O) groups is 2. The number of halogens is 2. The summed E-state index contributed by atoms with van der Waals surface area (Å²) in [6.45, 7) is 0. The van der Waals surface area contributed by atoms with Crippen molar-refractivity contribution in [1.82, 2.24) is 0 Å². The third-order valence-corrected chi connectivity index (χ3v) is 5.07. The SMILES string of the molecule is Cl.Cl.O=C(O)c1cc2ccccc2c(Cc2c(O)c(C(=O)O)cc3ccccc23)c1O. The van der Waals surface area contributed by atoms with Crippen molar-refractivity contribution in [3.8, 4) is 11.5 Å². The van der Waals surface area contributed by atoms with Gasteiger partial charge in [0.25, 0.3) is 0 Å². The van der Waals surface area contributed by atoms with Crippen LogP contribution in [-0.2, 0) is 6.42 Å². The normalized spacial score (nSPS) is 10.3. The van der Waals surface area contributed by atoms with Gasteiger partial charge in [0.05, 0.1) is 0 Å². The highest BCUT2D eigenvalue weighted by Crippen LogP contribution is 2.38. The van der Waals surface area contributed by atoms with Gasteiger partial charge in [-0.25, -0.2) is 9.59 Å². The Morgan fingerprint density at radius 3 is 1.35 bits per heavy atom. The Kier molecular flexibility index (Phi) is 7.00. The van der Waals surface area contributed by atoms with Crippen LogP contribution in [0.1, 0.15) is 31.8 Å². The highest BCUT2D eigenvalue weighted by atomic mass is 35.5. The predicted molar refractivity (Wildman–Crippen MR) is 122 cm³/mol. The van der Waals surface area contributed by atoms with Gasteiger partial charge in [-0.2, -0.15) is 0 Å². The van der Waals surface area contributed by atoms with Crippen LogP contribution >= 0.6 is 24.8 Å². The molecule has 31 heavy (non-hydrogen) atoms. The summed E-state index contributed by atoms with van der Waals surface area (Å²) >= 11 is 0. The average Bonchev–Trinajstić information content (AvgIpc) is 2.70. The van der Waals surface area contributed by atoms with Crippen LogP contribution in [0, 0.1) is 0 Å². The van der Waals surface area contributed by atoms with E-state index in [9.17, 15) is 30.0 Å². The predicted octanol–water partition coefficient (Wildman–Crippen LogP) is 5.24. The highest BCUT2D eigenvalue weighted by Gasteiger charge is 2.22. The van der Waals surface area contributed by atoms with Crippen LogP contribution in [0.25, 0.3) is 21.5 Å². The van der Waals surface area contributed by atoms with E-state index in [0.29, 0.717) is 32.7 Å². The molecule has 0 atom stereocenters. The Morgan fingerprint density at radius 2 is 1.00 bits per heavy atom. The van der Waals surface area contributed by atoms with Gasteiger partial charge in [-0.1, -0.05) is 48.5 Å². The molecule has 0 bridgehead atoms. The molecule has 0 heterocycles. The van der Waals surface area contributed by atoms with Crippen molar-refractivity contribution in [2.75, 3.05) is 0 Å². The van der Waals surface area contributed by atoms with E-state index in [4.69, 9.17) is 0 Å². The molecule has 0 aliphatic carbocycles. The van der Waals surface area contributed by atoms with Crippen molar-refractivity contribution in [1.29, 1.82) is 0 Å². The molecule has 4 rings (SSSR count). The first-order valence-corrected chi connectivity index (χ1v) is 8.82. The van der Waals surface area contributed by atoms with Gasteiger partial charge in [-0.15, -0.1) is 24.8 Å². The molecular weight excluding hydrogens is 443 g/mol. The summed E-state index contributed by atoms with van der Waals surface area (Å²) < 4.78 is 0. The number of aromatic carboxylic acids is 2. The number of rotatable bonds is 4. The van der Waals surface area contributed by atoms with E-state index >= 15 is 0 Å². The monoisotopic (exact) mass is 460 g/mol. The maximum absolute atomic E-state index is 11.6. The topological polar surface area (TPSA) is 115 Å². The second-order valence-corrected chi connectivity index (χ2v) is 6.73. The zero-order valence-corrected chi connectivity index (χ0v) is 17.5. The molecule has 0 spiro atoms. The number of hydrogen-bond acceptors (Lipinski definition) is 4. The molecule has 0 unspecified atom stereocenters. The quantitative estimate of drug-likeness (QED) is 0.331. The van der Waals surface area contributed by atoms with E-state index in [2.05, 4.69) is 0 Å². The van der Waals surface area contributed by atoms with Gasteiger partial charge in [0.15, 0.2) is 0 Å². The Morgan fingerprint density at radius 1 is 0.645 bits per heavy atom. The molecule has 4 N–H and O–H groups in total. The van der Waals surface area contributed by atoms with Crippen molar-refractivity contribution in [2.24, 2.45) is 0 Å². The van der Waals surface area contributed by atoms with Gasteiger partial charge in [-0.3, -0.25) is 0 Å². The zero-order chi connectivity index (χ0) is 20.7. The van der Waals surface area contributed by atoms with E-state index in [1.807, 2.05) is 0 Å². The van der Waals surface area contributed by atoms with Gasteiger partial charge in [0, 0.05) is 17.5 Å². The average molecular weight is 461 g/mol. The molecule has 0 aromatic heterocycles. The third kappa shape index (κ3) is 4.08. The fraction of sp³-hybridized carbons (Fsp3) is 0.0435. The number of hydrogen-bond donors (Lipinski definition) is 4. The summed E-state index contributed by atoms with van der Waals surface area (Å²) in [6, 6.07) is 16.8. The van der Waals surface area contributed by atoms with Crippen LogP contribution in [0.4, 0.5) is 0 Å². The van der Waals surface area contributed by atoms with E-state index in [-0.39, 0.29) is 42.4 Å².